The molecular formula is C28H22N4O5S2. The summed E-state index contributed by atoms with van der Waals surface area (Å²) in [6.07, 6.45) is 1.41. The summed E-state index contributed by atoms with van der Waals surface area (Å²) in [5.74, 6) is -1.78. The Bertz CT molecular complexity index is 1650. The van der Waals surface area contributed by atoms with Crippen LogP contribution in [0.3, 0.4) is 0 Å². The third-order valence-electron chi connectivity index (χ3n) is 6.09. The van der Waals surface area contributed by atoms with Crippen molar-refractivity contribution < 1.29 is 24.2 Å². The minimum atomic E-state index is -1.34. The second-order valence-corrected chi connectivity index (χ2v) is 10.7. The van der Waals surface area contributed by atoms with E-state index in [9.17, 15) is 19.5 Å². The lowest BCUT2D eigenvalue weighted by Crippen LogP contribution is -2.25. The highest BCUT2D eigenvalue weighted by molar-refractivity contribution is 7.16. The molecule has 9 nitrogen and oxygen atoms in total. The van der Waals surface area contributed by atoms with Crippen LogP contribution in [-0.4, -0.2) is 41.0 Å². The van der Waals surface area contributed by atoms with Crippen LogP contribution < -0.4 is 15.4 Å². The highest BCUT2D eigenvalue weighted by atomic mass is 32.1. The fourth-order valence-corrected chi connectivity index (χ4v) is 5.94. The number of fused-ring (bicyclic) bond motifs is 3. The number of carbonyl (C=O) groups is 3. The molecule has 0 saturated carbocycles. The van der Waals surface area contributed by atoms with Crippen LogP contribution in [-0.2, 0) is 6.42 Å². The van der Waals surface area contributed by atoms with Crippen molar-refractivity contribution in [2.24, 2.45) is 0 Å². The Hall–Kier alpha value is -4.53. The first-order valence-corrected chi connectivity index (χ1v) is 13.8. The lowest BCUT2D eigenvalue weighted by Gasteiger charge is -2.17. The van der Waals surface area contributed by atoms with Gasteiger partial charge in [0.15, 0.2) is 5.69 Å². The normalized spacial score (nSPS) is 11.8. The van der Waals surface area contributed by atoms with Crippen LogP contribution >= 0.6 is 22.7 Å². The average Bonchev–Trinajstić information content (AvgIpc) is 3.57. The topological polar surface area (TPSA) is 141 Å². The lowest BCUT2D eigenvalue weighted by atomic mass is 9.93. The fraction of sp³-hybridized carbons (Fsp3) is 0.179. The molecule has 3 N–H and O–H groups in total. The minimum Gasteiger partial charge on any atom is -0.493 e. The fourth-order valence-electron chi connectivity index (χ4n) is 4.27. The number of rotatable bonds is 7. The van der Waals surface area contributed by atoms with Crippen molar-refractivity contribution in [3.8, 4) is 33.4 Å². The molecule has 2 amide bonds. The Morgan fingerprint density at radius 2 is 1.95 bits per heavy atom. The number of ether oxygens (including phenoxy) is 1. The number of carbonyl (C=O) groups excluding carboxylic acids is 2. The van der Waals surface area contributed by atoms with Gasteiger partial charge >= 0.3 is 5.97 Å². The van der Waals surface area contributed by atoms with E-state index in [-0.39, 0.29) is 22.5 Å². The highest BCUT2D eigenvalue weighted by Gasteiger charge is 2.26. The minimum absolute atomic E-state index is 0.0348. The molecule has 0 atom stereocenters. The van der Waals surface area contributed by atoms with Crippen LogP contribution in [0.5, 0.6) is 5.75 Å². The second-order valence-electron chi connectivity index (χ2n) is 8.65. The predicted octanol–water partition coefficient (Wildman–Crippen LogP) is 5.44. The summed E-state index contributed by atoms with van der Waals surface area (Å²) in [5, 5.41) is 27.2. The van der Waals surface area contributed by atoms with Crippen molar-refractivity contribution >= 4 is 45.5 Å². The summed E-state index contributed by atoms with van der Waals surface area (Å²) < 4.78 is 6.04. The lowest BCUT2D eigenvalue weighted by molar-refractivity contribution is 0.0691. The Morgan fingerprint density at radius 3 is 2.69 bits per heavy atom. The molecule has 0 radical (unpaired) electrons. The number of carboxylic acids is 1. The van der Waals surface area contributed by atoms with Gasteiger partial charge in [0.25, 0.3) is 11.8 Å². The smallest absolute Gasteiger partial charge is 0.355 e. The molecule has 0 bridgehead atoms. The van der Waals surface area contributed by atoms with Gasteiger partial charge in [-0.2, -0.15) is 5.26 Å². The molecule has 1 aliphatic rings. The van der Waals surface area contributed by atoms with Crippen LogP contribution in [0.1, 0.15) is 55.1 Å². The first-order chi connectivity index (χ1) is 18.9. The van der Waals surface area contributed by atoms with Gasteiger partial charge in [-0.1, -0.05) is 6.92 Å². The number of thiophene rings is 2. The van der Waals surface area contributed by atoms with Gasteiger partial charge in [-0.3, -0.25) is 9.59 Å². The molecule has 4 aromatic rings. The molecule has 11 heteroatoms. The molecule has 5 rings (SSSR count). The van der Waals surface area contributed by atoms with Gasteiger partial charge in [0.2, 0.25) is 0 Å². The number of amides is 2. The summed E-state index contributed by atoms with van der Waals surface area (Å²) in [6.45, 7) is 2.76. The van der Waals surface area contributed by atoms with Crippen LogP contribution in [0.4, 0.5) is 5.00 Å². The van der Waals surface area contributed by atoms with Crippen molar-refractivity contribution in [1.29, 1.82) is 5.26 Å². The van der Waals surface area contributed by atoms with Crippen LogP contribution in [0.15, 0.2) is 47.8 Å². The third kappa shape index (κ3) is 5.25. The van der Waals surface area contributed by atoms with Crippen LogP contribution in [0.2, 0.25) is 0 Å². The first-order valence-electron chi connectivity index (χ1n) is 12.1. The number of hydrogen-bond donors (Lipinski definition) is 3. The van der Waals surface area contributed by atoms with Gasteiger partial charge in [0, 0.05) is 40.1 Å². The number of nitrogens with one attached hydrogen (secondary N) is 2. The third-order valence-corrected chi connectivity index (χ3v) is 7.99. The maximum Gasteiger partial charge on any atom is 0.355 e. The number of benzene rings is 1. The predicted molar refractivity (Wildman–Crippen MR) is 149 cm³/mol. The molecule has 3 aromatic heterocycles. The van der Waals surface area contributed by atoms with Crippen molar-refractivity contribution in [2.75, 3.05) is 18.5 Å². The van der Waals surface area contributed by atoms with Gasteiger partial charge in [-0.25, -0.2) is 9.78 Å². The molecule has 39 heavy (non-hydrogen) atoms. The zero-order valence-corrected chi connectivity index (χ0v) is 22.4. The van der Waals surface area contributed by atoms with E-state index in [1.54, 1.807) is 24.3 Å². The molecular weight excluding hydrogens is 536 g/mol. The summed E-state index contributed by atoms with van der Waals surface area (Å²) in [4.78, 5) is 44.0. The van der Waals surface area contributed by atoms with Crippen LogP contribution in [0, 0.1) is 11.3 Å². The Balaban J connectivity index is 1.67. The summed E-state index contributed by atoms with van der Waals surface area (Å²) in [7, 11) is 0. The number of nitriles is 1. The van der Waals surface area contributed by atoms with E-state index >= 15 is 0 Å². The van der Waals surface area contributed by atoms with E-state index in [0.29, 0.717) is 40.8 Å². The van der Waals surface area contributed by atoms with Crippen molar-refractivity contribution in [2.45, 2.75) is 19.8 Å². The van der Waals surface area contributed by atoms with Gasteiger partial charge in [-0.05, 0) is 59.8 Å². The quantitative estimate of drug-likeness (QED) is 0.274. The van der Waals surface area contributed by atoms with E-state index < -0.39 is 17.8 Å². The maximum absolute atomic E-state index is 13.6. The summed E-state index contributed by atoms with van der Waals surface area (Å²) in [6, 6.07) is 13.6. The molecule has 1 aliphatic heterocycles. The molecule has 0 unspecified atom stereocenters. The van der Waals surface area contributed by atoms with E-state index in [1.165, 1.54) is 23.5 Å². The standard InChI is InChI=1S/C28H22N4O5S2/c1-2-9-30-27(34)21-5-4-17(24(31-21)28(35)36)18-13-22-20(25-15(7-10-37-22)8-11-38-25)12-19(18)26(33)32-23-6-3-16(14-29)39-23/h3-6,8,11-13H,2,7,9-10H2,1H3,(H,30,34)(H,32,33)(H,35,36). The molecule has 4 heterocycles. The molecule has 196 valence electrons. The maximum atomic E-state index is 13.6. The summed E-state index contributed by atoms with van der Waals surface area (Å²) >= 11 is 2.67. The van der Waals surface area contributed by atoms with E-state index in [1.807, 2.05) is 24.4 Å². The number of aromatic nitrogens is 1. The Labute approximate surface area is 231 Å². The molecule has 0 spiro atoms. The number of carboxylic acid groups (broad SMARTS) is 1. The van der Waals surface area contributed by atoms with Gasteiger partial charge in [0.05, 0.1) is 11.6 Å². The first kappa shape index (κ1) is 26.1. The Kier molecular flexibility index (Phi) is 7.40. The van der Waals surface area contributed by atoms with Gasteiger partial charge in [0.1, 0.15) is 22.4 Å². The number of hydrogen-bond acceptors (Lipinski definition) is 8. The molecule has 0 saturated heterocycles. The zero-order chi connectivity index (χ0) is 27.5. The SMILES string of the molecule is CCCNC(=O)c1ccc(-c2cc3c(cc2C(=O)Nc2ccc(C#N)s2)-c2sccc2CCO3)c(C(=O)O)n1. The highest BCUT2D eigenvalue weighted by Crippen LogP contribution is 2.43. The monoisotopic (exact) mass is 558 g/mol. The van der Waals surface area contributed by atoms with Crippen molar-refractivity contribution in [1.82, 2.24) is 10.3 Å². The number of nitrogens with zero attached hydrogens (tertiary/aromatic N) is 2. The molecule has 1 aromatic carbocycles. The van der Waals surface area contributed by atoms with Gasteiger partial charge in [-0.15, -0.1) is 22.7 Å². The number of aromatic carboxylic acids is 1. The number of pyridine rings is 1. The van der Waals surface area contributed by atoms with Gasteiger partial charge < -0.3 is 20.5 Å². The van der Waals surface area contributed by atoms with E-state index in [4.69, 9.17) is 10.00 Å². The van der Waals surface area contributed by atoms with E-state index in [2.05, 4.69) is 15.6 Å². The van der Waals surface area contributed by atoms with E-state index in [0.717, 1.165) is 33.8 Å². The summed E-state index contributed by atoms with van der Waals surface area (Å²) in [5.41, 5.74) is 2.12. The van der Waals surface area contributed by atoms with Crippen molar-refractivity contribution in [3.63, 3.8) is 0 Å². The van der Waals surface area contributed by atoms with Crippen LogP contribution in [0.25, 0.3) is 21.6 Å². The molecule has 0 aliphatic carbocycles. The second kappa shape index (κ2) is 11.1. The average molecular weight is 559 g/mol. The largest absolute Gasteiger partial charge is 0.493 e. The zero-order valence-electron chi connectivity index (χ0n) is 20.7. The van der Waals surface area contributed by atoms with Crippen molar-refractivity contribution in [3.05, 3.63) is 75.2 Å². The number of anilines is 1. The Morgan fingerprint density at radius 1 is 1.10 bits per heavy atom. The molecule has 0 fully saturated rings.